The molecule has 1 fully saturated rings. The lowest BCUT2D eigenvalue weighted by Crippen LogP contribution is -2.49. The van der Waals surface area contributed by atoms with Gasteiger partial charge in [-0.3, -0.25) is 9.67 Å². The van der Waals surface area contributed by atoms with Gasteiger partial charge in [0.1, 0.15) is 0 Å². The molecule has 1 N–H and O–H groups in total. The molecule has 27 heavy (non-hydrogen) atoms. The molecule has 2 amide bonds. The molecule has 3 rings (SSSR count). The van der Waals surface area contributed by atoms with Gasteiger partial charge in [-0.15, -0.1) is 0 Å². The van der Waals surface area contributed by atoms with Gasteiger partial charge in [-0.1, -0.05) is 0 Å². The molecule has 7 heteroatoms. The first kappa shape index (κ1) is 19.4. The molecular weight excluding hydrogens is 340 g/mol. The van der Waals surface area contributed by atoms with Crippen molar-refractivity contribution < 1.29 is 4.79 Å². The van der Waals surface area contributed by atoms with Gasteiger partial charge in [-0.25, -0.2) is 4.79 Å². The second-order valence-corrected chi connectivity index (χ2v) is 7.25. The third-order valence-electron chi connectivity index (χ3n) is 5.43. The molecule has 0 atom stereocenters. The Morgan fingerprint density at radius 2 is 2.00 bits per heavy atom. The molecule has 146 valence electrons. The zero-order valence-corrected chi connectivity index (χ0v) is 16.6. The molecule has 0 saturated carbocycles. The van der Waals surface area contributed by atoms with Gasteiger partial charge in [0.25, 0.3) is 0 Å². The van der Waals surface area contributed by atoms with Gasteiger partial charge in [-0.2, -0.15) is 5.10 Å². The van der Waals surface area contributed by atoms with E-state index in [0.29, 0.717) is 13.1 Å². The van der Waals surface area contributed by atoms with Crippen molar-refractivity contribution in [3.05, 3.63) is 47.5 Å². The molecule has 1 saturated heterocycles. The maximum Gasteiger partial charge on any atom is 0.318 e. The van der Waals surface area contributed by atoms with Crippen LogP contribution < -0.4 is 5.32 Å². The number of rotatable bonds is 6. The second kappa shape index (κ2) is 8.99. The number of likely N-dealkylation sites (tertiary alicyclic amines) is 1. The van der Waals surface area contributed by atoms with Crippen LogP contribution in [-0.2, 0) is 19.6 Å². The molecule has 3 heterocycles. The van der Waals surface area contributed by atoms with Crippen molar-refractivity contribution in [3.8, 4) is 0 Å². The van der Waals surface area contributed by atoms with E-state index >= 15 is 0 Å². The Labute approximate surface area is 161 Å². The average Bonchev–Trinajstić information content (AvgIpc) is 3.05. The Kier molecular flexibility index (Phi) is 6.45. The molecular formula is C20H30N6O. The third kappa shape index (κ3) is 4.86. The van der Waals surface area contributed by atoms with Crippen LogP contribution in [0.1, 0.15) is 36.6 Å². The highest BCUT2D eigenvalue weighted by Crippen LogP contribution is 2.19. The molecule has 0 aliphatic carbocycles. The summed E-state index contributed by atoms with van der Waals surface area (Å²) in [7, 11) is 2.14. The summed E-state index contributed by atoms with van der Waals surface area (Å²) in [5.74, 6) is 0. The quantitative estimate of drug-likeness (QED) is 0.848. The van der Waals surface area contributed by atoms with Crippen molar-refractivity contribution in [1.82, 2.24) is 29.9 Å². The molecule has 1 aliphatic rings. The number of urea groups is 1. The van der Waals surface area contributed by atoms with Crippen LogP contribution in [-0.4, -0.2) is 56.8 Å². The van der Waals surface area contributed by atoms with E-state index in [1.54, 1.807) is 12.4 Å². The van der Waals surface area contributed by atoms with Crippen molar-refractivity contribution in [3.63, 3.8) is 0 Å². The van der Waals surface area contributed by atoms with Crippen LogP contribution >= 0.6 is 0 Å². The highest BCUT2D eigenvalue weighted by atomic mass is 16.2. The highest BCUT2D eigenvalue weighted by Gasteiger charge is 2.27. The van der Waals surface area contributed by atoms with Crippen molar-refractivity contribution in [2.75, 3.05) is 20.1 Å². The first-order valence-electron chi connectivity index (χ1n) is 9.71. The van der Waals surface area contributed by atoms with E-state index in [1.165, 1.54) is 0 Å². The number of nitrogens with one attached hydrogen (secondary N) is 1. The predicted molar refractivity (Wildman–Crippen MR) is 105 cm³/mol. The first-order chi connectivity index (χ1) is 13.1. The summed E-state index contributed by atoms with van der Waals surface area (Å²) in [5, 5.41) is 7.47. The van der Waals surface area contributed by atoms with Crippen molar-refractivity contribution in [2.24, 2.45) is 0 Å². The zero-order chi connectivity index (χ0) is 19.2. The lowest BCUT2D eigenvalue weighted by atomic mass is 10.0. The largest absolute Gasteiger partial charge is 0.334 e. The fraction of sp³-hybridized carbons (Fsp3) is 0.550. The Balaban J connectivity index is 1.68. The average molecular weight is 371 g/mol. The number of pyridine rings is 1. The van der Waals surface area contributed by atoms with E-state index in [4.69, 9.17) is 0 Å². The number of amides is 2. The van der Waals surface area contributed by atoms with Crippen LogP contribution in [0.15, 0.2) is 30.7 Å². The normalized spacial score (nSPS) is 15.7. The molecule has 0 aromatic carbocycles. The fourth-order valence-corrected chi connectivity index (χ4v) is 3.61. The molecule has 0 spiro atoms. The number of carbonyl (C=O) groups is 1. The Morgan fingerprint density at radius 3 is 2.63 bits per heavy atom. The van der Waals surface area contributed by atoms with Gasteiger partial charge in [0, 0.05) is 49.3 Å². The van der Waals surface area contributed by atoms with Crippen LogP contribution in [0.2, 0.25) is 0 Å². The lowest BCUT2D eigenvalue weighted by Gasteiger charge is -2.37. The van der Waals surface area contributed by atoms with Crippen molar-refractivity contribution in [2.45, 2.75) is 52.4 Å². The second-order valence-electron chi connectivity index (χ2n) is 7.25. The SMILES string of the molecule is CCn1ncc(CNC(=O)N(Cc2ccncc2)C2CCN(C)CC2)c1C. The number of aromatic nitrogens is 3. The summed E-state index contributed by atoms with van der Waals surface area (Å²) in [4.78, 5) is 21.4. The predicted octanol–water partition coefficient (Wildman–Crippen LogP) is 2.41. The minimum atomic E-state index is -0.00925. The molecule has 1 aliphatic heterocycles. The molecule has 7 nitrogen and oxygen atoms in total. The van der Waals surface area contributed by atoms with Crippen molar-refractivity contribution >= 4 is 6.03 Å². The Morgan fingerprint density at radius 1 is 1.30 bits per heavy atom. The van der Waals surface area contributed by atoms with E-state index in [2.05, 4.69) is 34.3 Å². The van der Waals surface area contributed by atoms with Crippen LogP contribution in [0.3, 0.4) is 0 Å². The van der Waals surface area contributed by atoms with Gasteiger partial charge < -0.3 is 15.1 Å². The minimum absolute atomic E-state index is 0.00925. The molecule has 0 bridgehead atoms. The number of aryl methyl sites for hydroxylation is 1. The molecule has 2 aromatic rings. The highest BCUT2D eigenvalue weighted by molar-refractivity contribution is 5.74. The van der Waals surface area contributed by atoms with E-state index in [-0.39, 0.29) is 12.1 Å². The summed E-state index contributed by atoms with van der Waals surface area (Å²) in [5.41, 5.74) is 3.28. The number of piperidine rings is 1. The first-order valence-corrected chi connectivity index (χ1v) is 9.71. The number of hydrogen-bond acceptors (Lipinski definition) is 4. The van der Waals surface area contributed by atoms with Gasteiger partial charge >= 0.3 is 6.03 Å². The smallest absolute Gasteiger partial charge is 0.318 e. The summed E-state index contributed by atoms with van der Waals surface area (Å²) in [6.45, 7) is 8.10. The minimum Gasteiger partial charge on any atom is -0.334 e. The van der Waals surface area contributed by atoms with E-state index in [1.807, 2.05) is 34.8 Å². The molecule has 2 aromatic heterocycles. The van der Waals surface area contributed by atoms with Gasteiger partial charge in [-0.05, 0) is 64.5 Å². The van der Waals surface area contributed by atoms with E-state index < -0.39 is 0 Å². The molecule has 0 unspecified atom stereocenters. The van der Waals surface area contributed by atoms with E-state index in [9.17, 15) is 4.79 Å². The summed E-state index contributed by atoms with van der Waals surface area (Å²) < 4.78 is 1.95. The van der Waals surface area contributed by atoms with Crippen molar-refractivity contribution in [1.29, 1.82) is 0 Å². The Bertz CT molecular complexity index is 736. The topological polar surface area (TPSA) is 66.3 Å². The van der Waals surface area contributed by atoms with Gasteiger partial charge in [0.05, 0.1) is 6.20 Å². The Hall–Kier alpha value is -2.41. The summed E-state index contributed by atoms with van der Waals surface area (Å²) in [6, 6.07) is 4.20. The number of carbonyl (C=O) groups excluding carboxylic acids is 1. The van der Waals surface area contributed by atoms with E-state index in [0.717, 1.165) is 49.3 Å². The monoisotopic (exact) mass is 370 g/mol. The zero-order valence-electron chi connectivity index (χ0n) is 16.6. The number of nitrogens with zero attached hydrogens (tertiary/aromatic N) is 5. The summed E-state index contributed by atoms with van der Waals surface area (Å²) in [6.07, 6.45) is 7.41. The maximum atomic E-state index is 13.0. The van der Waals surface area contributed by atoms with Gasteiger partial charge in [0.2, 0.25) is 0 Å². The number of hydrogen-bond donors (Lipinski definition) is 1. The third-order valence-corrected chi connectivity index (χ3v) is 5.43. The standard InChI is InChI=1S/C20H30N6O/c1-4-26-16(2)18(14-23-26)13-22-20(27)25(15-17-5-9-21-10-6-17)19-7-11-24(3)12-8-19/h5-6,9-10,14,19H,4,7-8,11-13,15H2,1-3H3,(H,22,27). The van der Waals surface area contributed by atoms with Crippen LogP contribution in [0.4, 0.5) is 4.79 Å². The van der Waals surface area contributed by atoms with Crippen LogP contribution in [0.25, 0.3) is 0 Å². The summed E-state index contributed by atoms with van der Waals surface area (Å²) >= 11 is 0. The van der Waals surface area contributed by atoms with Crippen LogP contribution in [0.5, 0.6) is 0 Å². The maximum absolute atomic E-state index is 13.0. The lowest BCUT2D eigenvalue weighted by molar-refractivity contribution is 0.127. The van der Waals surface area contributed by atoms with Crippen LogP contribution in [0, 0.1) is 6.92 Å². The fourth-order valence-electron chi connectivity index (χ4n) is 3.61. The van der Waals surface area contributed by atoms with Gasteiger partial charge in [0.15, 0.2) is 0 Å². The molecule has 0 radical (unpaired) electrons.